The summed E-state index contributed by atoms with van der Waals surface area (Å²) in [5.41, 5.74) is 2.36. The number of halogens is 2. The number of benzene rings is 1. The van der Waals surface area contributed by atoms with Crippen LogP contribution in [0.15, 0.2) is 28.9 Å². The SMILES string of the molecule is Clc1c(Br)cnc2ccc(C3CC3)cc12. The summed E-state index contributed by atoms with van der Waals surface area (Å²) >= 11 is 9.64. The van der Waals surface area contributed by atoms with Crippen molar-refractivity contribution in [2.24, 2.45) is 0 Å². The molecule has 0 N–H and O–H groups in total. The minimum Gasteiger partial charge on any atom is -0.255 e. The Kier molecular flexibility index (Phi) is 2.22. The van der Waals surface area contributed by atoms with Gasteiger partial charge in [-0.2, -0.15) is 0 Å². The predicted octanol–water partition coefficient (Wildman–Crippen LogP) is 4.53. The van der Waals surface area contributed by atoms with Crippen molar-refractivity contribution in [2.75, 3.05) is 0 Å². The van der Waals surface area contributed by atoms with E-state index in [0.29, 0.717) is 0 Å². The van der Waals surface area contributed by atoms with Gasteiger partial charge in [-0.25, -0.2) is 0 Å². The van der Waals surface area contributed by atoms with Crippen LogP contribution in [0.1, 0.15) is 24.3 Å². The highest BCUT2D eigenvalue weighted by molar-refractivity contribution is 9.10. The summed E-state index contributed by atoms with van der Waals surface area (Å²) in [5, 5.41) is 1.82. The average Bonchev–Trinajstić information content (AvgIpc) is 3.07. The fraction of sp³-hybridized carbons (Fsp3) is 0.250. The molecule has 0 radical (unpaired) electrons. The lowest BCUT2D eigenvalue weighted by Gasteiger charge is -2.04. The van der Waals surface area contributed by atoms with Gasteiger partial charge >= 0.3 is 0 Å². The highest BCUT2D eigenvalue weighted by atomic mass is 79.9. The maximum atomic E-state index is 6.24. The van der Waals surface area contributed by atoms with Crippen molar-refractivity contribution < 1.29 is 0 Å². The first-order valence-corrected chi connectivity index (χ1v) is 6.16. The Labute approximate surface area is 102 Å². The van der Waals surface area contributed by atoms with E-state index in [2.05, 4.69) is 39.1 Å². The van der Waals surface area contributed by atoms with E-state index < -0.39 is 0 Å². The zero-order chi connectivity index (χ0) is 10.4. The first kappa shape index (κ1) is 9.61. The van der Waals surface area contributed by atoms with E-state index in [1.807, 2.05) is 0 Å². The van der Waals surface area contributed by atoms with Gasteiger partial charge in [0.25, 0.3) is 0 Å². The fourth-order valence-electron chi connectivity index (χ4n) is 1.82. The van der Waals surface area contributed by atoms with Gasteiger partial charge in [0, 0.05) is 11.6 Å². The van der Waals surface area contributed by atoms with Crippen molar-refractivity contribution in [1.29, 1.82) is 0 Å². The van der Waals surface area contributed by atoms with Crippen molar-refractivity contribution in [2.45, 2.75) is 18.8 Å². The van der Waals surface area contributed by atoms with E-state index in [-0.39, 0.29) is 0 Å². The molecule has 3 rings (SSSR count). The van der Waals surface area contributed by atoms with Crippen LogP contribution in [0.3, 0.4) is 0 Å². The third kappa shape index (κ3) is 1.66. The van der Waals surface area contributed by atoms with Gasteiger partial charge in [0.1, 0.15) is 0 Å². The van der Waals surface area contributed by atoms with Crippen LogP contribution in [-0.2, 0) is 0 Å². The molecule has 1 fully saturated rings. The van der Waals surface area contributed by atoms with Gasteiger partial charge in [0.05, 0.1) is 15.0 Å². The number of aromatic nitrogens is 1. The minimum absolute atomic E-state index is 0.754. The van der Waals surface area contributed by atoms with Crippen LogP contribution in [-0.4, -0.2) is 4.98 Å². The van der Waals surface area contributed by atoms with Gasteiger partial charge in [-0.15, -0.1) is 0 Å². The molecule has 15 heavy (non-hydrogen) atoms. The third-order valence-corrected chi connectivity index (χ3v) is 4.07. The smallest absolute Gasteiger partial charge is 0.0718 e. The van der Waals surface area contributed by atoms with Crippen LogP contribution in [0.4, 0.5) is 0 Å². The molecule has 1 aromatic heterocycles. The molecule has 0 bridgehead atoms. The molecule has 76 valence electrons. The molecule has 0 atom stereocenters. The lowest BCUT2D eigenvalue weighted by Crippen LogP contribution is -1.84. The number of rotatable bonds is 1. The maximum Gasteiger partial charge on any atom is 0.0718 e. The number of fused-ring (bicyclic) bond motifs is 1. The molecule has 0 saturated heterocycles. The van der Waals surface area contributed by atoms with Crippen LogP contribution in [0.2, 0.25) is 5.02 Å². The van der Waals surface area contributed by atoms with Crippen LogP contribution in [0.25, 0.3) is 10.9 Å². The molecule has 0 amide bonds. The molecule has 1 heterocycles. The number of hydrogen-bond acceptors (Lipinski definition) is 1. The summed E-state index contributed by atoms with van der Waals surface area (Å²) in [6.45, 7) is 0. The Morgan fingerprint density at radius 2 is 2.13 bits per heavy atom. The van der Waals surface area contributed by atoms with Crippen LogP contribution in [0, 0.1) is 0 Å². The molecule has 0 unspecified atom stereocenters. The van der Waals surface area contributed by atoms with E-state index in [0.717, 1.165) is 26.3 Å². The third-order valence-electron chi connectivity index (χ3n) is 2.83. The Bertz CT molecular complexity index is 534. The molecule has 1 aliphatic rings. The lowest BCUT2D eigenvalue weighted by atomic mass is 10.1. The van der Waals surface area contributed by atoms with Crippen LogP contribution in [0.5, 0.6) is 0 Å². The second-order valence-electron chi connectivity index (χ2n) is 3.97. The van der Waals surface area contributed by atoms with Crippen molar-refractivity contribution in [1.82, 2.24) is 4.98 Å². The molecular weight excluding hydrogens is 273 g/mol. The quantitative estimate of drug-likeness (QED) is 0.749. The molecule has 3 heteroatoms. The summed E-state index contributed by atoms with van der Waals surface area (Å²) in [6.07, 6.45) is 4.37. The Balaban J connectivity index is 2.27. The number of hydrogen-bond donors (Lipinski definition) is 0. The number of nitrogens with zero attached hydrogens (tertiary/aromatic N) is 1. The first-order chi connectivity index (χ1) is 7.25. The molecule has 1 aromatic carbocycles. The standard InChI is InChI=1S/C12H9BrClN/c13-10-6-15-11-4-3-8(7-1-2-7)5-9(11)12(10)14/h3-7H,1-2H2. The van der Waals surface area contributed by atoms with E-state index in [4.69, 9.17) is 11.6 Å². The highest BCUT2D eigenvalue weighted by Gasteiger charge is 2.23. The van der Waals surface area contributed by atoms with Crippen molar-refractivity contribution in [3.63, 3.8) is 0 Å². The Morgan fingerprint density at radius 1 is 1.33 bits per heavy atom. The van der Waals surface area contributed by atoms with E-state index in [1.54, 1.807) is 6.20 Å². The molecule has 2 aromatic rings. The Morgan fingerprint density at radius 3 is 2.87 bits per heavy atom. The Hall–Kier alpha value is -0.600. The molecule has 1 nitrogen and oxygen atoms in total. The molecular formula is C12H9BrClN. The van der Waals surface area contributed by atoms with Gasteiger partial charge < -0.3 is 0 Å². The molecule has 0 aliphatic heterocycles. The normalized spacial score (nSPS) is 15.9. The zero-order valence-corrected chi connectivity index (χ0v) is 10.3. The van der Waals surface area contributed by atoms with E-state index in [9.17, 15) is 0 Å². The maximum absolute atomic E-state index is 6.24. The second kappa shape index (κ2) is 3.46. The summed E-state index contributed by atoms with van der Waals surface area (Å²) in [5.74, 6) is 0.754. The molecule has 1 saturated carbocycles. The van der Waals surface area contributed by atoms with Gasteiger partial charge in [0.15, 0.2) is 0 Å². The minimum atomic E-state index is 0.754. The second-order valence-corrected chi connectivity index (χ2v) is 5.20. The largest absolute Gasteiger partial charge is 0.255 e. The summed E-state index contributed by atoms with van der Waals surface area (Å²) in [6, 6.07) is 6.39. The monoisotopic (exact) mass is 281 g/mol. The first-order valence-electron chi connectivity index (χ1n) is 4.99. The van der Waals surface area contributed by atoms with E-state index >= 15 is 0 Å². The highest BCUT2D eigenvalue weighted by Crippen LogP contribution is 2.41. The van der Waals surface area contributed by atoms with Crippen molar-refractivity contribution in [3.8, 4) is 0 Å². The van der Waals surface area contributed by atoms with Crippen molar-refractivity contribution in [3.05, 3.63) is 39.5 Å². The van der Waals surface area contributed by atoms with Crippen LogP contribution < -0.4 is 0 Å². The van der Waals surface area contributed by atoms with Gasteiger partial charge in [0.2, 0.25) is 0 Å². The van der Waals surface area contributed by atoms with Crippen molar-refractivity contribution >= 4 is 38.4 Å². The fourth-order valence-corrected chi connectivity index (χ4v) is 2.34. The summed E-state index contributed by atoms with van der Waals surface area (Å²) in [4.78, 5) is 4.33. The van der Waals surface area contributed by atoms with E-state index in [1.165, 1.54) is 18.4 Å². The topological polar surface area (TPSA) is 12.9 Å². The molecule has 1 aliphatic carbocycles. The van der Waals surface area contributed by atoms with Gasteiger partial charge in [-0.1, -0.05) is 17.7 Å². The summed E-state index contributed by atoms with van der Waals surface area (Å²) < 4.78 is 0.865. The van der Waals surface area contributed by atoms with Gasteiger partial charge in [-0.3, -0.25) is 4.98 Å². The number of pyridine rings is 1. The average molecular weight is 283 g/mol. The zero-order valence-electron chi connectivity index (χ0n) is 8.00. The predicted molar refractivity (Wildman–Crippen MR) is 66.4 cm³/mol. The van der Waals surface area contributed by atoms with Gasteiger partial charge in [-0.05, 0) is 52.4 Å². The summed E-state index contributed by atoms with van der Waals surface area (Å²) in [7, 11) is 0. The van der Waals surface area contributed by atoms with Crippen LogP contribution >= 0.6 is 27.5 Å². The molecule has 0 spiro atoms. The lowest BCUT2D eigenvalue weighted by molar-refractivity contribution is 1.13.